The molecule has 0 heterocycles. The molecule has 0 aliphatic rings. The van der Waals surface area contributed by atoms with Gasteiger partial charge in [-0.1, -0.05) is 49.3 Å². The lowest BCUT2D eigenvalue weighted by atomic mass is 9.94. The van der Waals surface area contributed by atoms with Gasteiger partial charge in [-0.25, -0.2) is 0 Å². The molecule has 0 aliphatic carbocycles. The number of esters is 1. The number of carbonyl (C=O) groups is 2. The zero-order valence-corrected chi connectivity index (χ0v) is 18.3. The van der Waals surface area contributed by atoms with Crippen LogP contribution in [-0.2, 0) is 30.3 Å². The molecule has 1 aromatic rings. The molecule has 0 spiro atoms. The number of ketones is 1. The maximum Gasteiger partial charge on any atom is 0.309 e. The normalized spacial score (nSPS) is 15.9. The van der Waals surface area contributed by atoms with Crippen LogP contribution in [0.2, 0.25) is 0 Å². The number of oxime groups is 1. The zero-order chi connectivity index (χ0) is 22.7. The smallest absolute Gasteiger partial charge is 0.309 e. The van der Waals surface area contributed by atoms with Crippen molar-refractivity contribution < 1.29 is 34.1 Å². The van der Waals surface area contributed by atoms with Gasteiger partial charge in [0.1, 0.15) is 17.9 Å². The molecule has 30 heavy (non-hydrogen) atoms. The van der Waals surface area contributed by atoms with Crippen molar-refractivity contribution in [1.82, 2.24) is 0 Å². The molecule has 8 nitrogen and oxygen atoms in total. The van der Waals surface area contributed by atoms with E-state index in [0.717, 1.165) is 5.56 Å². The highest BCUT2D eigenvalue weighted by atomic mass is 16.6. The van der Waals surface area contributed by atoms with E-state index in [1.807, 2.05) is 44.2 Å². The van der Waals surface area contributed by atoms with Crippen LogP contribution in [0.3, 0.4) is 0 Å². The molecule has 8 heteroatoms. The molecule has 1 unspecified atom stereocenters. The Labute approximate surface area is 177 Å². The average molecular weight is 424 g/mol. The van der Waals surface area contributed by atoms with Crippen molar-refractivity contribution in [3.63, 3.8) is 0 Å². The van der Waals surface area contributed by atoms with Gasteiger partial charge in [0, 0.05) is 13.5 Å². The Hall–Kier alpha value is -2.29. The van der Waals surface area contributed by atoms with E-state index >= 15 is 0 Å². The summed E-state index contributed by atoms with van der Waals surface area (Å²) in [5.74, 6) is -1.49. The summed E-state index contributed by atoms with van der Waals surface area (Å²) in [5.41, 5.74) is 1.02. The maximum absolute atomic E-state index is 12.4. The van der Waals surface area contributed by atoms with Gasteiger partial charge >= 0.3 is 5.97 Å². The van der Waals surface area contributed by atoms with Crippen LogP contribution in [0.4, 0.5) is 0 Å². The summed E-state index contributed by atoms with van der Waals surface area (Å²) in [4.78, 5) is 29.6. The van der Waals surface area contributed by atoms with E-state index < -0.39 is 30.2 Å². The van der Waals surface area contributed by atoms with Crippen molar-refractivity contribution >= 4 is 17.5 Å². The summed E-state index contributed by atoms with van der Waals surface area (Å²) >= 11 is 0. The Morgan fingerprint density at radius 3 is 2.20 bits per heavy atom. The predicted octanol–water partition coefficient (Wildman–Crippen LogP) is 1.76. The summed E-state index contributed by atoms with van der Waals surface area (Å²) in [6, 6.07) is 9.35. The minimum Gasteiger partial charge on any atom is -0.469 e. The summed E-state index contributed by atoms with van der Waals surface area (Å²) in [6.45, 7) is 4.78. The minimum absolute atomic E-state index is 0.0453. The van der Waals surface area contributed by atoms with Crippen LogP contribution in [0.5, 0.6) is 0 Å². The lowest BCUT2D eigenvalue weighted by Gasteiger charge is -2.25. The number of nitrogens with zero attached hydrogens (tertiary/aromatic N) is 1. The summed E-state index contributed by atoms with van der Waals surface area (Å²) in [6.07, 6.45) is -2.68. The van der Waals surface area contributed by atoms with E-state index in [0.29, 0.717) is 6.42 Å². The fourth-order valence-corrected chi connectivity index (χ4v) is 3.07. The van der Waals surface area contributed by atoms with E-state index in [9.17, 15) is 19.8 Å². The van der Waals surface area contributed by atoms with Crippen molar-refractivity contribution in [3.05, 3.63) is 35.9 Å². The molecule has 0 radical (unpaired) electrons. The van der Waals surface area contributed by atoms with E-state index in [4.69, 9.17) is 14.3 Å². The number of methoxy groups -OCH3 is 2. The molecule has 0 fully saturated rings. The second kappa shape index (κ2) is 13.1. The van der Waals surface area contributed by atoms with Crippen LogP contribution in [0.1, 0.15) is 32.8 Å². The summed E-state index contributed by atoms with van der Waals surface area (Å²) in [7, 11) is 2.75. The van der Waals surface area contributed by atoms with Crippen LogP contribution in [0.25, 0.3) is 0 Å². The number of hydrogen-bond donors (Lipinski definition) is 2. The first-order valence-corrected chi connectivity index (χ1v) is 9.93. The first-order valence-electron chi connectivity index (χ1n) is 9.93. The van der Waals surface area contributed by atoms with Gasteiger partial charge in [0.05, 0.1) is 19.1 Å². The minimum atomic E-state index is -1.30. The second-order valence-electron chi connectivity index (χ2n) is 7.53. The van der Waals surface area contributed by atoms with Crippen LogP contribution >= 0.6 is 0 Å². The molecular weight excluding hydrogens is 390 g/mol. The number of benzene rings is 1. The fraction of sp³-hybridized carbons (Fsp3) is 0.591. The predicted molar refractivity (Wildman–Crippen MR) is 112 cm³/mol. The van der Waals surface area contributed by atoms with E-state index in [-0.39, 0.29) is 30.4 Å². The van der Waals surface area contributed by atoms with Crippen LogP contribution in [0, 0.1) is 11.8 Å². The summed E-state index contributed by atoms with van der Waals surface area (Å²) < 4.78 is 10.2. The highest BCUT2D eigenvalue weighted by Crippen LogP contribution is 2.16. The largest absolute Gasteiger partial charge is 0.469 e. The van der Waals surface area contributed by atoms with Gasteiger partial charge in [-0.2, -0.15) is 0 Å². The Morgan fingerprint density at radius 1 is 1.07 bits per heavy atom. The Morgan fingerprint density at radius 2 is 1.70 bits per heavy atom. The molecule has 2 N–H and O–H groups in total. The first kappa shape index (κ1) is 25.7. The van der Waals surface area contributed by atoms with Crippen LogP contribution < -0.4 is 0 Å². The third-order valence-corrected chi connectivity index (χ3v) is 4.64. The average Bonchev–Trinajstić information content (AvgIpc) is 2.71. The third-order valence-electron chi connectivity index (χ3n) is 4.64. The van der Waals surface area contributed by atoms with Crippen molar-refractivity contribution in [2.45, 2.75) is 51.9 Å². The zero-order valence-electron chi connectivity index (χ0n) is 18.3. The topological polar surface area (TPSA) is 115 Å². The number of carbonyl (C=O) groups excluding carboxylic acids is 2. The van der Waals surface area contributed by atoms with Gasteiger partial charge in [-0.05, 0) is 24.8 Å². The van der Waals surface area contributed by atoms with Gasteiger partial charge in [0.2, 0.25) is 0 Å². The summed E-state index contributed by atoms with van der Waals surface area (Å²) in [5, 5.41) is 23.8. The first-order chi connectivity index (χ1) is 14.2. The molecule has 0 bridgehead atoms. The molecule has 1 aromatic carbocycles. The number of Topliss-reactive ketones (excluding diaryl/α,β-unsaturated/α-hetero) is 1. The number of ether oxygens (including phenoxy) is 2. The van der Waals surface area contributed by atoms with E-state index in [1.165, 1.54) is 21.1 Å². The lowest BCUT2D eigenvalue weighted by Crippen LogP contribution is -2.42. The van der Waals surface area contributed by atoms with Crippen LogP contribution in [-0.4, -0.2) is 66.8 Å². The molecule has 168 valence electrons. The van der Waals surface area contributed by atoms with Gasteiger partial charge in [-0.3, -0.25) is 9.59 Å². The molecule has 0 amide bonds. The van der Waals surface area contributed by atoms with Gasteiger partial charge in [-0.15, -0.1) is 0 Å². The molecule has 0 aliphatic heterocycles. The molecular formula is C22H33NO7. The quantitative estimate of drug-likeness (QED) is 0.282. The van der Waals surface area contributed by atoms with Crippen LogP contribution in [0.15, 0.2) is 35.5 Å². The maximum atomic E-state index is 12.4. The van der Waals surface area contributed by atoms with Gasteiger partial charge < -0.3 is 24.5 Å². The molecule has 0 saturated heterocycles. The highest BCUT2D eigenvalue weighted by Gasteiger charge is 2.30. The number of aliphatic hydroxyl groups excluding tert-OH is 2. The SMILES string of the molecule is COC(=O)C(CC(=O)CO/N=C(/[C@@H](OC)C(C)C)[C@@H](O)[C@@H](C)O)Cc1ccccc1. The second-order valence-corrected chi connectivity index (χ2v) is 7.53. The standard InChI is InChI=1S/C22H33NO7/c1-14(2)21(28-4)19(20(26)15(3)24)23-30-13-18(25)12-17(22(27)29-5)11-16-9-7-6-8-10-16/h6-10,14-15,17,20-21,24,26H,11-13H2,1-5H3/b23-19+/t15-,17?,20+,21+/m1/s1. The fourth-order valence-electron chi connectivity index (χ4n) is 3.07. The number of rotatable bonds is 13. The Kier molecular flexibility index (Phi) is 11.2. The molecule has 1 rings (SSSR count). The number of aliphatic hydroxyl groups is 2. The Balaban J connectivity index is 2.81. The van der Waals surface area contributed by atoms with Crippen molar-refractivity contribution in [1.29, 1.82) is 0 Å². The lowest BCUT2D eigenvalue weighted by molar-refractivity contribution is -0.147. The van der Waals surface area contributed by atoms with Crippen molar-refractivity contribution in [2.75, 3.05) is 20.8 Å². The highest BCUT2D eigenvalue weighted by molar-refractivity contribution is 5.93. The molecule has 0 aromatic heterocycles. The van der Waals surface area contributed by atoms with Gasteiger partial charge in [0.25, 0.3) is 0 Å². The number of hydrogen-bond acceptors (Lipinski definition) is 8. The van der Waals surface area contributed by atoms with E-state index in [2.05, 4.69) is 5.16 Å². The van der Waals surface area contributed by atoms with Crippen molar-refractivity contribution in [2.24, 2.45) is 17.0 Å². The van der Waals surface area contributed by atoms with E-state index in [1.54, 1.807) is 0 Å². The monoisotopic (exact) mass is 423 g/mol. The van der Waals surface area contributed by atoms with Gasteiger partial charge in [0.15, 0.2) is 12.4 Å². The molecule has 4 atom stereocenters. The van der Waals surface area contributed by atoms with Crippen molar-refractivity contribution in [3.8, 4) is 0 Å². The molecule has 0 saturated carbocycles. The Bertz CT molecular complexity index is 688. The third kappa shape index (κ3) is 8.22.